The number of alkyl halides is 1. The highest BCUT2D eigenvalue weighted by Gasteiger charge is 2.58. The number of hydrogen-bond donors (Lipinski definition) is 1. The highest BCUT2D eigenvalue weighted by atomic mass is 19.1. The van der Waals surface area contributed by atoms with E-state index in [0.29, 0.717) is 32.1 Å². The molecule has 0 spiro atoms. The summed E-state index contributed by atoms with van der Waals surface area (Å²) in [5, 5.41) is 2.91. The van der Waals surface area contributed by atoms with Crippen LogP contribution >= 0.6 is 0 Å². The van der Waals surface area contributed by atoms with Crippen LogP contribution in [0.4, 0.5) is 10.1 Å². The Morgan fingerprint density at radius 1 is 1.12 bits per heavy atom. The highest BCUT2D eigenvalue weighted by molar-refractivity contribution is 5.96. The van der Waals surface area contributed by atoms with Crippen molar-refractivity contribution in [3.63, 3.8) is 0 Å². The molecule has 0 unspecified atom stereocenters. The summed E-state index contributed by atoms with van der Waals surface area (Å²) in [5.41, 5.74) is -0.700. The van der Waals surface area contributed by atoms with Crippen LogP contribution in [0.2, 0.25) is 0 Å². The van der Waals surface area contributed by atoms with Crippen molar-refractivity contribution in [2.45, 2.75) is 37.8 Å². The number of benzene rings is 1. The van der Waals surface area contributed by atoms with Gasteiger partial charge in [-0.15, -0.1) is 0 Å². The van der Waals surface area contributed by atoms with Crippen LogP contribution in [0.5, 0.6) is 0 Å². The molecule has 1 amide bonds. The van der Waals surface area contributed by atoms with Gasteiger partial charge in [0.05, 0.1) is 5.41 Å². The van der Waals surface area contributed by atoms with Gasteiger partial charge in [-0.2, -0.15) is 0 Å². The number of carbonyl (C=O) groups excluding carboxylic acids is 1. The average molecular weight is 233 g/mol. The van der Waals surface area contributed by atoms with Crippen molar-refractivity contribution in [2.24, 2.45) is 5.41 Å². The molecule has 2 aliphatic rings. The molecule has 2 nitrogen and oxygen atoms in total. The third kappa shape index (κ3) is 1.74. The highest BCUT2D eigenvalue weighted by Crippen LogP contribution is 2.58. The van der Waals surface area contributed by atoms with Gasteiger partial charge in [-0.05, 0) is 44.2 Å². The van der Waals surface area contributed by atoms with E-state index in [2.05, 4.69) is 5.32 Å². The molecule has 90 valence electrons. The molecule has 1 aromatic rings. The van der Waals surface area contributed by atoms with Gasteiger partial charge in [-0.3, -0.25) is 4.79 Å². The van der Waals surface area contributed by atoms with Crippen LogP contribution in [0.1, 0.15) is 32.1 Å². The molecule has 0 saturated heterocycles. The van der Waals surface area contributed by atoms with Crippen molar-refractivity contribution >= 4 is 11.6 Å². The largest absolute Gasteiger partial charge is 0.326 e. The number of nitrogens with one attached hydrogen (secondary N) is 1. The topological polar surface area (TPSA) is 29.1 Å². The van der Waals surface area contributed by atoms with Crippen molar-refractivity contribution in [3.8, 4) is 0 Å². The van der Waals surface area contributed by atoms with Crippen molar-refractivity contribution in [3.05, 3.63) is 30.3 Å². The average Bonchev–Trinajstić information content (AvgIpc) is 2.85. The third-order valence-corrected chi connectivity index (χ3v) is 4.27. The molecule has 0 heterocycles. The number of rotatable bonds is 2. The zero-order valence-electron chi connectivity index (χ0n) is 9.71. The van der Waals surface area contributed by atoms with E-state index >= 15 is 0 Å². The zero-order chi connectivity index (χ0) is 11.9. The summed E-state index contributed by atoms with van der Waals surface area (Å²) < 4.78 is 14.0. The van der Waals surface area contributed by atoms with E-state index in [1.165, 1.54) is 0 Å². The molecule has 17 heavy (non-hydrogen) atoms. The molecular weight excluding hydrogens is 217 g/mol. The van der Waals surface area contributed by atoms with Crippen molar-refractivity contribution in [1.82, 2.24) is 0 Å². The Balaban J connectivity index is 1.76. The summed E-state index contributed by atoms with van der Waals surface area (Å²) in [7, 11) is 0. The molecule has 2 fully saturated rings. The summed E-state index contributed by atoms with van der Waals surface area (Å²) in [6, 6.07) is 9.40. The number of carbonyl (C=O) groups is 1. The van der Waals surface area contributed by atoms with Crippen molar-refractivity contribution in [2.75, 3.05) is 5.32 Å². The number of para-hydroxylation sites is 1. The van der Waals surface area contributed by atoms with E-state index < -0.39 is 11.1 Å². The fourth-order valence-corrected chi connectivity index (χ4v) is 3.23. The van der Waals surface area contributed by atoms with Crippen molar-refractivity contribution < 1.29 is 9.18 Å². The van der Waals surface area contributed by atoms with E-state index in [9.17, 15) is 9.18 Å². The van der Waals surface area contributed by atoms with Crippen LogP contribution in [0.25, 0.3) is 0 Å². The van der Waals surface area contributed by atoms with E-state index in [-0.39, 0.29) is 5.91 Å². The van der Waals surface area contributed by atoms with Crippen LogP contribution < -0.4 is 5.32 Å². The first-order valence-corrected chi connectivity index (χ1v) is 6.18. The molecule has 3 heteroatoms. The van der Waals surface area contributed by atoms with Gasteiger partial charge in [0.2, 0.25) is 5.91 Å². The fourth-order valence-electron chi connectivity index (χ4n) is 3.23. The molecule has 1 N–H and O–H groups in total. The van der Waals surface area contributed by atoms with E-state index in [0.717, 1.165) is 5.69 Å². The minimum atomic E-state index is -1.06. The molecule has 2 bridgehead atoms. The van der Waals surface area contributed by atoms with Gasteiger partial charge in [0, 0.05) is 5.69 Å². The van der Waals surface area contributed by atoms with E-state index in [4.69, 9.17) is 0 Å². The first-order chi connectivity index (χ1) is 8.12. The number of halogens is 1. The molecule has 2 saturated carbocycles. The van der Waals surface area contributed by atoms with Crippen molar-refractivity contribution in [1.29, 1.82) is 0 Å². The lowest BCUT2D eigenvalue weighted by molar-refractivity contribution is -0.125. The number of fused-ring (bicyclic) bond motifs is 2. The Hall–Kier alpha value is -1.38. The first kappa shape index (κ1) is 10.8. The molecular formula is C14H16FNO. The minimum Gasteiger partial charge on any atom is -0.326 e. The molecule has 2 aliphatic carbocycles. The lowest BCUT2D eigenvalue weighted by atomic mass is 9.83. The summed E-state index contributed by atoms with van der Waals surface area (Å²) >= 11 is 0. The third-order valence-electron chi connectivity index (χ3n) is 4.27. The Bertz CT molecular complexity index is 435. The fraction of sp³-hybridized carbons (Fsp3) is 0.500. The smallest absolute Gasteiger partial charge is 0.230 e. The monoisotopic (exact) mass is 233 g/mol. The van der Waals surface area contributed by atoms with E-state index in [1.54, 1.807) is 0 Å². The number of amides is 1. The van der Waals surface area contributed by atoms with Crippen LogP contribution in [-0.4, -0.2) is 11.6 Å². The van der Waals surface area contributed by atoms with E-state index in [1.807, 2.05) is 30.3 Å². The normalized spacial score (nSPS) is 34.9. The molecule has 1 aromatic carbocycles. The van der Waals surface area contributed by atoms with Gasteiger partial charge >= 0.3 is 0 Å². The Kier molecular flexibility index (Phi) is 2.25. The Morgan fingerprint density at radius 2 is 1.76 bits per heavy atom. The quantitative estimate of drug-likeness (QED) is 0.834. The van der Waals surface area contributed by atoms with Crippen LogP contribution in [0, 0.1) is 5.41 Å². The maximum absolute atomic E-state index is 14.0. The zero-order valence-corrected chi connectivity index (χ0v) is 9.71. The molecule has 3 rings (SSSR count). The van der Waals surface area contributed by atoms with Gasteiger partial charge in [0.15, 0.2) is 0 Å². The minimum absolute atomic E-state index is 0.000671. The number of anilines is 1. The van der Waals surface area contributed by atoms with Gasteiger partial charge in [-0.1, -0.05) is 18.2 Å². The predicted octanol–water partition coefficient (Wildman–Crippen LogP) is 3.30. The van der Waals surface area contributed by atoms with Crippen LogP contribution in [-0.2, 0) is 4.79 Å². The summed E-state index contributed by atoms with van der Waals surface area (Å²) in [6.45, 7) is 0. The summed E-state index contributed by atoms with van der Waals surface area (Å²) in [5.74, 6) is 0.000671. The predicted molar refractivity (Wildman–Crippen MR) is 64.4 cm³/mol. The van der Waals surface area contributed by atoms with Crippen LogP contribution in [0.15, 0.2) is 30.3 Å². The van der Waals surface area contributed by atoms with Crippen LogP contribution in [0.3, 0.4) is 0 Å². The van der Waals surface area contributed by atoms with Gasteiger partial charge in [0.1, 0.15) is 5.67 Å². The Morgan fingerprint density at radius 3 is 2.29 bits per heavy atom. The summed E-state index contributed by atoms with van der Waals surface area (Å²) in [6.07, 6.45) is 2.91. The van der Waals surface area contributed by atoms with Gasteiger partial charge in [0.25, 0.3) is 0 Å². The SMILES string of the molecule is O=C(Nc1ccccc1)C12CCC(F)(CC1)C2. The maximum atomic E-state index is 14.0. The molecule has 0 radical (unpaired) electrons. The molecule has 0 aliphatic heterocycles. The standard InChI is InChI=1S/C14H16FNO/c15-14-8-6-13(10-14,7-9-14)12(17)16-11-4-2-1-3-5-11/h1-5H,6-10H2,(H,16,17). The molecule has 0 aromatic heterocycles. The lowest BCUT2D eigenvalue weighted by Crippen LogP contribution is -2.32. The first-order valence-electron chi connectivity index (χ1n) is 6.18. The summed E-state index contributed by atoms with van der Waals surface area (Å²) in [4.78, 5) is 12.3. The van der Waals surface area contributed by atoms with Gasteiger partial charge in [-0.25, -0.2) is 4.39 Å². The maximum Gasteiger partial charge on any atom is 0.230 e. The second-order valence-corrected chi connectivity index (χ2v) is 5.43. The Labute approximate surface area is 100 Å². The van der Waals surface area contributed by atoms with Gasteiger partial charge < -0.3 is 5.32 Å². The second kappa shape index (κ2) is 3.56. The second-order valence-electron chi connectivity index (χ2n) is 5.43. The lowest BCUT2D eigenvalue weighted by Gasteiger charge is -2.24. The number of hydrogen-bond acceptors (Lipinski definition) is 1. The molecule has 0 atom stereocenters.